The number of hydrogen-bond donors (Lipinski definition) is 4. The maximum absolute atomic E-state index is 11.8. The van der Waals surface area contributed by atoms with Gasteiger partial charge in [0.1, 0.15) is 0 Å². The van der Waals surface area contributed by atoms with E-state index in [1.807, 2.05) is 6.92 Å². The van der Waals surface area contributed by atoms with Gasteiger partial charge in [0.25, 0.3) is 0 Å². The van der Waals surface area contributed by atoms with Gasteiger partial charge in [-0.2, -0.15) is 0 Å². The summed E-state index contributed by atoms with van der Waals surface area (Å²) < 4.78 is 5.25. The molecule has 0 radical (unpaired) electrons. The Morgan fingerprint density at radius 2 is 1.59 bits per heavy atom. The van der Waals surface area contributed by atoms with Crippen LogP contribution in [0, 0.1) is 10.8 Å². The monoisotopic (exact) mass is 454 g/mol. The van der Waals surface area contributed by atoms with Crippen molar-refractivity contribution in [2.45, 2.75) is 52.5 Å². The summed E-state index contributed by atoms with van der Waals surface area (Å²) in [6.45, 7) is 10.6. The zero-order valence-electron chi connectivity index (χ0n) is 17.4. The lowest BCUT2D eigenvalue weighted by Gasteiger charge is -2.56. The highest BCUT2D eigenvalue weighted by molar-refractivity contribution is 6.21. The molecule has 0 aliphatic carbocycles. The van der Waals surface area contributed by atoms with Crippen molar-refractivity contribution in [2.24, 2.45) is 10.8 Å². The largest absolute Gasteiger partial charge is 0.465 e. The first kappa shape index (κ1) is 27.3. The van der Waals surface area contributed by atoms with Crippen molar-refractivity contribution < 1.29 is 29.3 Å². The number of carbonyl (C=O) groups is 3. The van der Waals surface area contributed by atoms with Gasteiger partial charge in [-0.3, -0.25) is 0 Å². The lowest BCUT2D eigenvalue weighted by atomic mass is 9.54. The molecular formula is C19H32Cl2N2O6. The predicted octanol–water partition coefficient (Wildman–Crippen LogP) is 4.06. The lowest BCUT2D eigenvalue weighted by molar-refractivity contribution is -0.141. The first-order valence-corrected chi connectivity index (χ1v) is 10.3. The molecule has 0 bridgehead atoms. The average molecular weight is 455 g/mol. The molecule has 10 heteroatoms. The average Bonchev–Trinajstić information content (AvgIpc) is 2.60. The van der Waals surface area contributed by atoms with Crippen LogP contribution in [0.3, 0.4) is 0 Å². The number of hydrogen-bond acceptors (Lipinski definition) is 4. The smallest absolute Gasteiger partial charge is 0.405 e. The van der Waals surface area contributed by atoms with Gasteiger partial charge in [0.15, 0.2) is 0 Å². The molecule has 1 atom stereocenters. The number of carboxylic acid groups (broad SMARTS) is 2. The van der Waals surface area contributed by atoms with Gasteiger partial charge >= 0.3 is 18.2 Å². The van der Waals surface area contributed by atoms with E-state index in [0.717, 1.165) is 0 Å². The number of alkyl halides is 2. The van der Waals surface area contributed by atoms with E-state index in [4.69, 9.17) is 33.0 Å². The third kappa shape index (κ3) is 7.26. The maximum Gasteiger partial charge on any atom is 0.405 e. The van der Waals surface area contributed by atoms with Crippen molar-refractivity contribution in [3.63, 3.8) is 0 Å². The molecule has 0 saturated heterocycles. The molecule has 0 spiro atoms. The van der Waals surface area contributed by atoms with Crippen LogP contribution >= 0.6 is 23.2 Å². The van der Waals surface area contributed by atoms with Crippen LogP contribution in [0.5, 0.6) is 0 Å². The normalized spacial score (nSPS) is 13.9. The highest BCUT2D eigenvalue weighted by Crippen LogP contribution is 2.53. The molecule has 1 unspecified atom stereocenters. The molecule has 0 aliphatic heterocycles. The fourth-order valence-electron chi connectivity index (χ4n) is 3.48. The van der Waals surface area contributed by atoms with Gasteiger partial charge in [-0.25, -0.2) is 14.4 Å². The number of nitrogens with one attached hydrogen (secondary N) is 2. The van der Waals surface area contributed by atoms with Crippen molar-refractivity contribution >= 4 is 41.4 Å². The fourth-order valence-corrected chi connectivity index (χ4v) is 4.62. The molecular weight excluding hydrogens is 423 g/mol. The zero-order valence-corrected chi connectivity index (χ0v) is 19.0. The third-order valence-corrected chi connectivity index (χ3v) is 6.80. The first-order chi connectivity index (χ1) is 13.3. The SMILES string of the molecule is C=C(C)C(=O)OCCC(C)(C(CCl)(CCl)CCCNC(=O)O)C(C)(C)NC(=O)O. The molecule has 0 aliphatic rings. The van der Waals surface area contributed by atoms with E-state index in [0.29, 0.717) is 12.8 Å². The molecule has 0 aromatic heterocycles. The molecule has 0 aromatic rings. The van der Waals surface area contributed by atoms with E-state index in [1.165, 1.54) is 6.92 Å². The highest BCUT2D eigenvalue weighted by Gasteiger charge is 2.55. The standard InChI is InChI=1S/C19H32Cl2N2O6/c1-13(2)14(24)29-10-8-18(5,17(3,4)23-16(27)28)19(11-20,12-21)7-6-9-22-15(25)26/h22-23H,1,6-12H2,2-5H3,(H,25,26)(H,27,28). The quantitative estimate of drug-likeness (QED) is 0.144. The number of amides is 2. The van der Waals surface area contributed by atoms with Gasteiger partial charge in [0.05, 0.1) is 6.61 Å². The second kappa shape index (κ2) is 11.5. The summed E-state index contributed by atoms with van der Waals surface area (Å²) in [6, 6.07) is 0. The maximum atomic E-state index is 11.8. The molecule has 0 saturated carbocycles. The minimum atomic E-state index is -1.20. The third-order valence-electron chi connectivity index (χ3n) is 5.77. The molecule has 168 valence electrons. The number of ether oxygens (including phenoxy) is 1. The van der Waals surface area contributed by atoms with E-state index in [9.17, 15) is 19.5 Å². The summed E-state index contributed by atoms with van der Waals surface area (Å²) in [5.41, 5.74) is -2.33. The molecule has 4 N–H and O–H groups in total. The fraction of sp³-hybridized carbons (Fsp3) is 0.737. The summed E-state index contributed by atoms with van der Waals surface area (Å²) in [5, 5.41) is 22.9. The Labute approximate surface area is 182 Å². The minimum Gasteiger partial charge on any atom is -0.465 e. The lowest BCUT2D eigenvalue weighted by Crippen LogP contribution is -2.63. The Kier molecular flexibility index (Phi) is 10.8. The number of rotatable bonds is 13. The molecule has 29 heavy (non-hydrogen) atoms. The van der Waals surface area contributed by atoms with Gasteiger partial charge < -0.3 is 25.6 Å². The second-order valence-electron chi connectivity index (χ2n) is 7.94. The van der Waals surface area contributed by atoms with Crippen molar-refractivity contribution in [1.82, 2.24) is 10.6 Å². The second-order valence-corrected chi connectivity index (χ2v) is 8.47. The molecule has 0 aromatic carbocycles. The van der Waals surface area contributed by atoms with E-state index < -0.39 is 34.5 Å². The van der Waals surface area contributed by atoms with E-state index >= 15 is 0 Å². The van der Waals surface area contributed by atoms with Crippen molar-refractivity contribution in [1.29, 1.82) is 0 Å². The summed E-state index contributed by atoms with van der Waals surface area (Å²) in [5.74, 6) is -0.317. The van der Waals surface area contributed by atoms with Gasteiger partial charge in [-0.15, -0.1) is 23.2 Å². The van der Waals surface area contributed by atoms with Crippen LogP contribution in [0.4, 0.5) is 9.59 Å². The molecule has 0 fully saturated rings. The Morgan fingerprint density at radius 1 is 1.03 bits per heavy atom. The molecule has 8 nitrogen and oxygen atoms in total. The molecule has 2 amide bonds. The number of halogens is 2. The Morgan fingerprint density at radius 3 is 2.00 bits per heavy atom. The summed E-state index contributed by atoms with van der Waals surface area (Å²) in [7, 11) is 0. The van der Waals surface area contributed by atoms with Gasteiger partial charge in [-0.1, -0.05) is 13.5 Å². The van der Waals surface area contributed by atoms with Gasteiger partial charge in [0, 0.05) is 40.2 Å². The van der Waals surface area contributed by atoms with E-state index in [1.54, 1.807) is 13.8 Å². The Hall–Kier alpha value is -1.67. The van der Waals surface area contributed by atoms with E-state index in [-0.39, 0.29) is 36.9 Å². The molecule has 0 rings (SSSR count). The van der Waals surface area contributed by atoms with Crippen LogP contribution in [-0.2, 0) is 9.53 Å². The number of carbonyl (C=O) groups excluding carboxylic acids is 1. The van der Waals surface area contributed by atoms with Gasteiger partial charge in [-0.05, 0) is 40.0 Å². The topological polar surface area (TPSA) is 125 Å². The summed E-state index contributed by atoms with van der Waals surface area (Å²) >= 11 is 12.7. The molecule has 0 heterocycles. The Balaban J connectivity index is 5.84. The van der Waals surface area contributed by atoms with Crippen LogP contribution in [0.2, 0.25) is 0 Å². The first-order valence-electron chi connectivity index (χ1n) is 9.21. The number of esters is 1. The predicted molar refractivity (Wildman–Crippen MR) is 113 cm³/mol. The summed E-state index contributed by atoms with van der Waals surface area (Å²) in [6.07, 6.45) is -1.16. The van der Waals surface area contributed by atoms with Crippen LogP contribution in [0.25, 0.3) is 0 Å². The van der Waals surface area contributed by atoms with Crippen molar-refractivity contribution in [3.8, 4) is 0 Å². The van der Waals surface area contributed by atoms with Crippen LogP contribution in [0.1, 0.15) is 47.0 Å². The highest BCUT2D eigenvalue weighted by atomic mass is 35.5. The Bertz CT molecular complexity index is 608. The zero-order chi connectivity index (χ0) is 22.9. The van der Waals surface area contributed by atoms with E-state index in [2.05, 4.69) is 17.2 Å². The van der Waals surface area contributed by atoms with Crippen LogP contribution in [0.15, 0.2) is 12.2 Å². The van der Waals surface area contributed by atoms with Crippen LogP contribution in [-0.4, -0.2) is 58.8 Å². The van der Waals surface area contributed by atoms with Crippen LogP contribution < -0.4 is 10.6 Å². The van der Waals surface area contributed by atoms with Gasteiger partial charge in [0.2, 0.25) is 0 Å². The summed E-state index contributed by atoms with van der Waals surface area (Å²) in [4.78, 5) is 33.9. The van der Waals surface area contributed by atoms with Crippen molar-refractivity contribution in [3.05, 3.63) is 12.2 Å². The van der Waals surface area contributed by atoms with Crippen molar-refractivity contribution in [2.75, 3.05) is 24.9 Å². The minimum absolute atomic E-state index is 0.0236.